The first-order valence-electron chi connectivity index (χ1n) is 6.74. The highest BCUT2D eigenvalue weighted by molar-refractivity contribution is 6.15. The number of ether oxygens (including phenoxy) is 1. The number of hydrogen-bond acceptors (Lipinski definition) is 3. The summed E-state index contributed by atoms with van der Waals surface area (Å²) >= 11 is 0. The summed E-state index contributed by atoms with van der Waals surface area (Å²) in [6.07, 6.45) is 1.71. The largest absolute Gasteiger partial charge is 0.496 e. The Labute approximate surface area is 123 Å². The van der Waals surface area contributed by atoms with E-state index in [9.17, 15) is 4.79 Å². The number of carbonyl (C=O) groups excluding carboxylic acids is 1. The number of nitrogens with zero attached hydrogens (tertiary/aromatic N) is 1. The lowest BCUT2D eigenvalue weighted by Gasteiger charge is -2.08. The van der Waals surface area contributed by atoms with Gasteiger partial charge < -0.3 is 4.74 Å². The van der Waals surface area contributed by atoms with Gasteiger partial charge in [0.15, 0.2) is 5.78 Å². The molecule has 0 radical (unpaired) electrons. The Morgan fingerprint density at radius 2 is 1.90 bits per heavy atom. The molecule has 0 N–H and O–H groups in total. The Hall–Kier alpha value is -2.68. The molecule has 104 valence electrons. The molecule has 3 aromatic rings. The van der Waals surface area contributed by atoms with Crippen LogP contribution in [0.25, 0.3) is 10.9 Å². The number of ketones is 1. The lowest BCUT2D eigenvalue weighted by Crippen LogP contribution is -2.03. The average molecular weight is 277 g/mol. The van der Waals surface area contributed by atoms with E-state index in [1.165, 1.54) is 0 Å². The van der Waals surface area contributed by atoms with E-state index in [1.807, 2.05) is 49.4 Å². The maximum atomic E-state index is 12.7. The number of pyridine rings is 1. The molecule has 0 unspecified atom stereocenters. The Bertz CT molecular complexity index is 819. The third-order valence-electron chi connectivity index (χ3n) is 3.53. The van der Waals surface area contributed by atoms with Gasteiger partial charge in [0.1, 0.15) is 5.75 Å². The van der Waals surface area contributed by atoms with Crippen LogP contribution in [0.2, 0.25) is 0 Å². The number of aromatic nitrogens is 1. The van der Waals surface area contributed by atoms with Gasteiger partial charge in [-0.2, -0.15) is 0 Å². The molecule has 2 aromatic carbocycles. The number of fused-ring (bicyclic) bond motifs is 1. The van der Waals surface area contributed by atoms with Crippen LogP contribution in [0.4, 0.5) is 0 Å². The Kier molecular flexibility index (Phi) is 3.40. The van der Waals surface area contributed by atoms with E-state index < -0.39 is 0 Å². The van der Waals surface area contributed by atoms with Crippen molar-refractivity contribution >= 4 is 16.7 Å². The third-order valence-corrected chi connectivity index (χ3v) is 3.53. The van der Waals surface area contributed by atoms with Gasteiger partial charge in [0.25, 0.3) is 0 Å². The van der Waals surface area contributed by atoms with Crippen LogP contribution in [-0.2, 0) is 0 Å². The van der Waals surface area contributed by atoms with Gasteiger partial charge in [-0.1, -0.05) is 18.2 Å². The fraction of sp³-hybridized carbons (Fsp3) is 0.111. The van der Waals surface area contributed by atoms with E-state index in [0.29, 0.717) is 11.1 Å². The van der Waals surface area contributed by atoms with Crippen molar-refractivity contribution < 1.29 is 9.53 Å². The van der Waals surface area contributed by atoms with Crippen molar-refractivity contribution in [3.63, 3.8) is 0 Å². The Morgan fingerprint density at radius 1 is 1.10 bits per heavy atom. The molecule has 3 rings (SSSR count). The molecule has 0 atom stereocenters. The highest BCUT2D eigenvalue weighted by Crippen LogP contribution is 2.23. The van der Waals surface area contributed by atoms with Gasteiger partial charge in [-0.15, -0.1) is 0 Å². The van der Waals surface area contributed by atoms with E-state index in [0.717, 1.165) is 22.2 Å². The molecule has 0 aliphatic heterocycles. The average Bonchev–Trinajstić information content (AvgIpc) is 2.53. The molecular formula is C18H15NO2. The molecule has 3 heteroatoms. The summed E-state index contributed by atoms with van der Waals surface area (Å²) in [5, 5.41) is 0.966. The maximum Gasteiger partial charge on any atom is 0.195 e. The summed E-state index contributed by atoms with van der Waals surface area (Å²) in [4.78, 5) is 17.1. The number of aryl methyl sites for hydroxylation is 1. The predicted octanol–water partition coefficient (Wildman–Crippen LogP) is 3.78. The summed E-state index contributed by atoms with van der Waals surface area (Å²) < 4.78 is 5.23. The SMILES string of the molecule is COc1ccc(C(=O)c2cccc3cccnc23)cc1C. The number of methoxy groups -OCH3 is 1. The topological polar surface area (TPSA) is 39.2 Å². The third kappa shape index (κ3) is 2.38. The zero-order chi connectivity index (χ0) is 14.8. The minimum Gasteiger partial charge on any atom is -0.496 e. The number of para-hydroxylation sites is 1. The zero-order valence-corrected chi connectivity index (χ0v) is 12.0. The van der Waals surface area contributed by atoms with Crippen LogP contribution in [0.1, 0.15) is 21.5 Å². The van der Waals surface area contributed by atoms with Crippen molar-refractivity contribution in [2.24, 2.45) is 0 Å². The van der Waals surface area contributed by atoms with Gasteiger partial charge in [0.05, 0.1) is 12.6 Å². The van der Waals surface area contributed by atoms with Gasteiger partial charge in [-0.05, 0) is 42.8 Å². The number of carbonyl (C=O) groups is 1. The quantitative estimate of drug-likeness (QED) is 0.684. The van der Waals surface area contributed by atoms with Gasteiger partial charge in [0.2, 0.25) is 0 Å². The molecule has 0 amide bonds. The normalized spacial score (nSPS) is 10.6. The molecule has 1 heterocycles. The second-order valence-electron chi connectivity index (χ2n) is 4.89. The maximum absolute atomic E-state index is 12.7. The van der Waals surface area contributed by atoms with E-state index in [4.69, 9.17) is 4.74 Å². The minimum absolute atomic E-state index is 0.0231. The summed E-state index contributed by atoms with van der Waals surface area (Å²) in [6, 6.07) is 14.9. The van der Waals surface area contributed by atoms with Crippen molar-refractivity contribution in [2.45, 2.75) is 6.92 Å². The van der Waals surface area contributed by atoms with Crippen molar-refractivity contribution in [1.29, 1.82) is 0 Å². The lowest BCUT2D eigenvalue weighted by molar-refractivity contribution is 0.104. The summed E-state index contributed by atoms with van der Waals surface area (Å²) in [5.41, 5.74) is 2.94. The van der Waals surface area contributed by atoms with Crippen LogP contribution in [0.15, 0.2) is 54.7 Å². The van der Waals surface area contributed by atoms with Crippen LogP contribution >= 0.6 is 0 Å². The molecule has 0 saturated carbocycles. The molecule has 0 spiro atoms. The zero-order valence-electron chi connectivity index (χ0n) is 12.0. The molecular weight excluding hydrogens is 262 g/mol. The predicted molar refractivity (Wildman–Crippen MR) is 82.9 cm³/mol. The summed E-state index contributed by atoms with van der Waals surface area (Å²) in [5.74, 6) is 0.757. The molecule has 21 heavy (non-hydrogen) atoms. The van der Waals surface area contributed by atoms with Crippen molar-refractivity contribution in [3.8, 4) is 5.75 Å². The monoisotopic (exact) mass is 277 g/mol. The van der Waals surface area contributed by atoms with Gasteiger partial charge in [-0.3, -0.25) is 9.78 Å². The van der Waals surface area contributed by atoms with Crippen LogP contribution in [0, 0.1) is 6.92 Å². The highest BCUT2D eigenvalue weighted by atomic mass is 16.5. The molecule has 1 aromatic heterocycles. The fourth-order valence-electron chi connectivity index (χ4n) is 2.46. The Morgan fingerprint density at radius 3 is 2.67 bits per heavy atom. The molecule has 3 nitrogen and oxygen atoms in total. The second-order valence-corrected chi connectivity index (χ2v) is 4.89. The molecule has 0 fully saturated rings. The lowest BCUT2D eigenvalue weighted by atomic mass is 9.99. The number of hydrogen-bond donors (Lipinski definition) is 0. The van der Waals surface area contributed by atoms with E-state index in [2.05, 4.69) is 4.98 Å². The van der Waals surface area contributed by atoms with Gasteiger partial charge >= 0.3 is 0 Å². The first kappa shape index (κ1) is 13.3. The first-order valence-corrected chi connectivity index (χ1v) is 6.74. The summed E-state index contributed by atoms with van der Waals surface area (Å²) in [6.45, 7) is 1.93. The van der Waals surface area contributed by atoms with Gasteiger partial charge in [0, 0.05) is 22.7 Å². The van der Waals surface area contributed by atoms with Gasteiger partial charge in [-0.25, -0.2) is 0 Å². The molecule has 0 aliphatic carbocycles. The van der Waals surface area contributed by atoms with Crippen molar-refractivity contribution in [3.05, 3.63) is 71.4 Å². The van der Waals surface area contributed by atoms with Crippen LogP contribution in [-0.4, -0.2) is 17.9 Å². The fourth-order valence-corrected chi connectivity index (χ4v) is 2.46. The smallest absolute Gasteiger partial charge is 0.195 e. The van der Waals surface area contributed by atoms with Crippen molar-refractivity contribution in [1.82, 2.24) is 4.98 Å². The van der Waals surface area contributed by atoms with Crippen LogP contribution in [0.5, 0.6) is 5.75 Å². The van der Waals surface area contributed by atoms with Crippen LogP contribution in [0.3, 0.4) is 0 Å². The second kappa shape index (κ2) is 5.37. The molecule has 0 bridgehead atoms. The number of benzene rings is 2. The standard InChI is InChI=1S/C18H15NO2/c1-12-11-14(8-9-16(12)21-2)18(20)15-7-3-5-13-6-4-10-19-17(13)15/h3-11H,1-2H3. The molecule has 0 saturated heterocycles. The van der Waals surface area contributed by atoms with Crippen molar-refractivity contribution in [2.75, 3.05) is 7.11 Å². The van der Waals surface area contributed by atoms with E-state index >= 15 is 0 Å². The molecule has 0 aliphatic rings. The minimum atomic E-state index is -0.0231. The highest BCUT2D eigenvalue weighted by Gasteiger charge is 2.14. The van der Waals surface area contributed by atoms with E-state index in [1.54, 1.807) is 19.4 Å². The number of rotatable bonds is 3. The first-order chi connectivity index (χ1) is 10.2. The summed E-state index contributed by atoms with van der Waals surface area (Å²) in [7, 11) is 1.62. The van der Waals surface area contributed by atoms with Crippen LogP contribution < -0.4 is 4.74 Å². The van der Waals surface area contributed by atoms with E-state index in [-0.39, 0.29) is 5.78 Å². The Balaban J connectivity index is 2.10.